The van der Waals surface area contributed by atoms with Gasteiger partial charge in [0.2, 0.25) is 0 Å². The first-order valence-electron chi connectivity index (χ1n) is 3.99. The van der Waals surface area contributed by atoms with Gasteiger partial charge in [-0.25, -0.2) is 4.39 Å². The normalized spacial score (nSPS) is 10.0. The molecule has 0 bridgehead atoms. The molecule has 0 nitrogen and oxygen atoms in total. The van der Waals surface area contributed by atoms with Crippen LogP contribution in [0.4, 0.5) is 4.39 Å². The molecule has 59 valence electrons. The second-order valence-corrected chi connectivity index (χ2v) is 2.64. The van der Waals surface area contributed by atoms with E-state index in [-0.39, 0.29) is 5.82 Å². The summed E-state index contributed by atoms with van der Waals surface area (Å²) in [5.74, 6) is -0.158. The Morgan fingerprint density at radius 2 is 2.36 bits per heavy atom. The second-order valence-electron chi connectivity index (χ2n) is 2.64. The average molecular weight is 151 g/mol. The molecule has 0 fully saturated rings. The van der Waals surface area contributed by atoms with Gasteiger partial charge in [-0.15, -0.1) is 0 Å². The van der Waals surface area contributed by atoms with Crippen molar-refractivity contribution in [2.75, 3.05) is 0 Å². The smallest absolute Gasteiger partial charge is 0.123 e. The highest BCUT2D eigenvalue weighted by Crippen LogP contribution is 2.06. The molecular weight excluding hydrogens is 139 g/mol. The molecular formula is C10H12F. The molecule has 0 N–H and O–H groups in total. The van der Waals surface area contributed by atoms with Crippen LogP contribution in [0.2, 0.25) is 0 Å². The fraction of sp³-hybridized carbons (Fsp3) is 0.400. The molecule has 0 aliphatic rings. The van der Waals surface area contributed by atoms with Gasteiger partial charge >= 0.3 is 0 Å². The minimum Gasteiger partial charge on any atom is -0.207 e. The summed E-state index contributed by atoms with van der Waals surface area (Å²) in [5, 5.41) is 0. The Kier molecular flexibility index (Phi) is 3.09. The van der Waals surface area contributed by atoms with Crippen LogP contribution in [0.1, 0.15) is 25.3 Å². The summed E-state index contributed by atoms with van der Waals surface area (Å²) in [5.41, 5.74) is 0.979. The van der Waals surface area contributed by atoms with E-state index in [0.29, 0.717) is 0 Å². The predicted octanol–water partition coefficient (Wildman–Crippen LogP) is 2.97. The Hall–Kier alpha value is -0.850. The number of aryl methyl sites for hydroxylation is 1. The molecule has 0 saturated carbocycles. The Bertz CT molecular complexity index is 218. The quantitative estimate of drug-likeness (QED) is 0.623. The molecule has 0 spiro atoms. The summed E-state index contributed by atoms with van der Waals surface area (Å²) in [7, 11) is 0. The van der Waals surface area contributed by atoms with E-state index >= 15 is 0 Å². The molecule has 0 atom stereocenters. The maximum atomic E-state index is 12.6. The maximum Gasteiger partial charge on any atom is 0.123 e. The molecule has 11 heavy (non-hydrogen) atoms. The van der Waals surface area contributed by atoms with Crippen molar-refractivity contribution in [2.45, 2.75) is 26.2 Å². The maximum absolute atomic E-state index is 12.6. The van der Waals surface area contributed by atoms with Crippen molar-refractivity contribution in [1.82, 2.24) is 0 Å². The standard InChI is InChI=1S/C10H12F/c1-2-3-5-9-6-4-7-10(11)8-9/h4,7-8H,2-3,5H2,1H3. The number of rotatable bonds is 3. The van der Waals surface area contributed by atoms with E-state index < -0.39 is 0 Å². The summed E-state index contributed by atoms with van der Waals surface area (Å²) in [4.78, 5) is 0. The van der Waals surface area contributed by atoms with Crippen molar-refractivity contribution in [3.63, 3.8) is 0 Å². The van der Waals surface area contributed by atoms with Gasteiger partial charge in [0.05, 0.1) is 0 Å². The molecule has 0 aliphatic carbocycles. The molecule has 0 amide bonds. The number of hydrogen-bond donors (Lipinski definition) is 0. The highest BCUT2D eigenvalue weighted by molar-refractivity contribution is 5.14. The minimum absolute atomic E-state index is 0.158. The molecule has 1 rings (SSSR count). The van der Waals surface area contributed by atoms with Gasteiger partial charge in [-0.1, -0.05) is 19.4 Å². The van der Waals surface area contributed by atoms with Gasteiger partial charge in [-0.05, 0) is 36.6 Å². The van der Waals surface area contributed by atoms with Gasteiger partial charge < -0.3 is 0 Å². The Morgan fingerprint density at radius 1 is 1.55 bits per heavy atom. The molecule has 0 heterocycles. The van der Waals surface area contributed by atoms with E-state index in [0.717, 1.165) is 24.8 Å². The molecule has 0 aromatic heterocycles. The third-order valence-corrected chi connectivity index (χ3v) is 1.62. The minimum atomic E-state index is -0.158. The number of unbranched alkanes of at least 4 members (excludes halogenated alkanes) is 1. The third kappa shape index (κ3) is 2.71. The summed E-state index contributed by atoms with van der Waals surface area (Å²) in [6.07, 6.45) is 3.19. The SMILES string of the molecule is CCCCc1[c]ccc(F)c1. The average Bonchev–Trinajstić information content (AvgIpc) is 2.01. The Labute approximate surface area is 67.1 Å². The second kappa shape index (κ2) is 4.12. The van der Waals surface area contributed by atoms with Crippen molar-refractivity contribution in [2.24, 2.45) is 0 Å². The fourth-order valence-corrected chi connectivity index (χ4v) is 0.996. The molecule has 1 aromatic carbocycles. The predicted molar refractivity (Wildman–Crippen MR) is 43.8 cm³/mol. The van der Waals surface area contributed by atoms with E-state index in [9.17, 15) is 4.39 Å². The van der Waals surface area contributed by atoms with E-state index in [1.807, 2.05) is 0 Å². The van der Waals surface area contributed by atoms with Crippen molar-refractivity contribution in [3.8, 4) is 0 Å². The van der Waals surface area contributed by atoms with Crippen molar-refractivity contribution in [1.29, 1.82) is 0 Å². The Balaban J connectivity index is 2.56. The van der Waals surface area contributed by atoms with Gasteiger partial charge in [-0.2, -0.15) is 0 Å². The first-order valence-corrected chi connectivity index (χ1v) is 3.99. The summed E-state index contributed by atoms with van der Waals surface area (Å²) < 4.78 is 12.6. The number of benzene rings is 1. The van der Waals surface area contributed by atoms with Crippen molar-refractivity contribution in [3.05, 3.63) is 35.6 Å². The zero-order chi connectivity index (χ0) is 8.10. The highest BCUT2D eigenvalue weighted by atomic mass is 19.1. The lowest BCUT2D eigenvalue weighted by molar-refractivity contribution is 0.624. The zero-order valence-corrected chi connectivity index (χ0v) is 6.73. The summed E-state index contributed by atoms with van der Waals surface area (Å²) in [6, 6.07) is 7.62. The molecule has 0 unspecified atom stereocenters. The lowest BCUT2D eigenvalue weighted by atomic mass is 10.1. The van der Waals surface area contributed by atoms with Gasteiger partial charge in [0, 0.05) is 0 Å². The molecule has 0 aliphatic heterocycles. The Morgan fingerprint density at radius 3 is 3.00 bits per heavy atom. The molecule has 1 heteroatoms. The number of hydrogen-bond acceptors (Lipinski definition) is 0. The van der Waals surface area contributed by atoms with Crippen LogP contribution in [-0.4, -0.2) is 0 Å². The van der Waals surface area contributed by atoms with Gasteiger partial charge in [-0.3, -0.25) is 0 Å². The summed E-state index contributed by atoms with van der Waals surface area (Å²) in [6.45, 7) is 2.12. The van der Waals surface area contributed by atoms with Crippen LogP contribution in [0.25, 0.3) is 0 Å². The van der Waals surface area contributed by atoms with E-state index in [1.165, 1.54) is 6.07 Å². The van der Waals surface area contributed by atoms with E-state index in [1.54, 1.807) is 12.1 Å². The highest BCUT2D eigenvalue weighted by Gasteiger charge is 1.93. The van der Waals surface area contributed by atoms with Crippen LogP contribution in [0.5, 0.6) is 0 Å². The molecule has 1 aromatic rings. The van der Waals surface area contributed by atoms with Crippen molar-refractivity contribution >= 4 is 0 Å². The van der Waals surface area contributed by atoms with Crippen LogP contribution in [0.15, 0.2) is 18.2 Å². The number of halogens is 1. The monoisotopic (exact) mass is 151 g/mol. The van der Waals surface area contributed by atoms with Crippen LogP contribution >= 0.6 is 0 Å². The van der Waals surface area contributed by atoms with Crippen LogP contribution < -0.4 is 0 Å². The van der Waals surface area contributed by atoms with Gasteiger partial charge in [0.15, 0.2) is 0 Å². The van der Waals surface area contributed by atoms with Crippen LogP contribution in [0.3, 0.4) is 0 Å². The largest absolute Gasteiger partial charge is 0.207 e. The first kappa shape index (κ1) is 8.25. The topological polar surface area (TPSA) is 0 Å². The van der Waals surface area contributed by atoms with E-state index in [4.69, 9.17) is 0 Å². The van der Waals surface area contributed by atoms with Crippen molar-refractivity contribution < 1.29 is 4.39 Å². The zero-order valence-electron chi connectivity index (χ0n) is 6.73. The summed E-state index contributed by atoms with van der Waals surface area (Å²) >= 11 is 0. The fourth-order valence-electron chi connectivity index (χ4n) is 0.996. The van der Waals surface area contributed by atoms with Gasteiger partial charge in [0.1, 0.15) is 5.82 Å². The lowest BCUT2D eigenvalue weighted by Gasteiger charge is -1.97. The van der Waals surface area contributed by atoms with E-state index in [2.05, 4.69) is 13.0 Å². The van der Waals surface area contributed by atoms with Gasteiger partial charge in [0.25, 0.3) is 0 Å². The van der Waals surface area contributed by atoms with Crippen LogP contribution in [-0.2, 0) is 6.42 Å². The first-order chi connectivity index (χ1) is 5.33. The molecule has 0 saturated heterocycles. The van der Waals surface area contributed by atoms with Crippen LogP contribution in [0, 0.1) is 11.9 Å². The third-order valence-electron chi connectivity index (χ3n) is 1.62. The lowest BCUT2D eigenvalue weighted by Crippen LogP contribution is -1.85. The molecule has 1 radical (unpaired) electrons.